The third kappa shape index (κ3) is 2.43. The highest BCUT2D eigenvalue weighted by molar-refractivity contribution is 9.11. The van der Waals surface area contributed by atoms with Crippen molar-refractivity contribution < 1.29 is 0 Å². The molecule has 0 aliphatic carbocycles. The van der Waals surface area contributed by atoms with Gasteiger partial charge in [-0.2, -0.15) is 0 Å². The Morgan fingerprint density at radius 2 is 2.45 bits per heavy atom. The van der Waals surface area contributed by atoms with E-state index in [0.29, 0.717) is 6.54 Å². The van der Waals surface area contributed by atoms with Crippen LogP contribution < -0.4 is 5.73 Å². The minimum atomic E-state index is 0.606. The number of hydrogen-bond acceptors (Lipinski definition) is 2. The maximum atomic E-state index is 5.33. The van der Waals surface area contributed by atoms with Gasteiger partial charge in [0.2, 0.25) is 0 Å². The highest BCUT2D eigenvalue weighted by Gasteiger charge is 1.98. The quantitative estimate of drug-likeness (QED) is 0.833. The van der Waals surface area contributed by atoms with Gasteiger partial charge in [-0.05, 0) is 40.6 Å². The van der Waals surface area contributed by atoms with Gasteiger partial charge in [0.1, 0.15) is 0 Å². The van der Waals surface area contributed by atoms with Gasteiger partial charge in [-0.15, -0.1) is 11.3 Å². The lowest BCUT2D eigenvalue weighted by Crippen LogP contribution is -1.91. The van der Waals surface area contributed by atoms with Crippen LogP contribution in [0.25, 0.3) is 6.08 Å². The predicted molar refractivity (Wildman–Crippen MR) is 54.8 cm³/mol. The number of halogens is 1. The van der Waals surface area contributed by atoms with Crippen molar-refractivity contribution in [3.63, 3.8) is 0 Å². The Hall–Kier alpha value is -0.120. The molecule has 0 saturated carbocycles. The smallest absolute Gasteiger partial charge is 0.0733 e. The SMILES string of the molecule is Cc1cc(C=CCN)sc1Br. The molecule has 2 N–H and O–H groups in total. The third-order valence-electron chi connectivity index (χ3n) is 1.29. The normalized spacial score (nSPS) is 11.2. The molecule has 0 bridgehead atoms. The van der Waals surface area contributed by atoms with Crippen LogP contribution in [-0.4, -0.2) is 6.54 Å². The van der Waals surface area contributed by atoms with Crippen LogP contribution in [0.4, 0.5) is 0 Å². The van der Waals surface area contributed by atoms with Gasteiger partial charge >= 0.3 is 0 Å². The summed E-state index contributed by atoms with van der Waals surface area (Å²) in [7, 11) is 0. The molecular formula is C8H10BrNS. The van der Waals surface area contributed by atoms with Gasteiger partial charge in [-0.3, -0.25) is 0 Å². The summed E-state index contributed by atoms with van der Waals surface area (Å²) in [6.45, 7) is 2.69. The summed E-state index contributed by atoms with van der Waals surface area (Å²) < 4.78 is 1.20. The molecule has 1 nitrogen and oxygen atoms in total. The molecule has 0 amide bonds. The van der Waals surface area contributed by atoms with Crippen LogP contribution >= 0.6 is 27.3 Å². The van der Waals surface area contributed by atoms with Crippen molar-refractivity contribution in [2.24, 2.45) is 5.73 Å². The average molecular weight is 232 g/mol. The van der Waals surface area contributed by atoms with Gasteiger partial charge in [0, 0.05) is 11.4 Å². The Balaban J connectivity index is 2.80. The number of rotatable bonds is 2. The van der Waals surface area contributed by atoms with Crippen LogP contribution in [-0.2, 0) is 0 Å². The molecule has 0 spiro atoms. The van der Waals surface area contributed by atoms with Crippen molar-refractivity contribution in [3.8, 4) is 0 Å². The van der Waals surface area contributed by atoms with Crippen molar-refractivity contribution >= 4 is 33.3 Å². The average Bonchev–Trinajstić information content (AvgIpc) is 2.28. The lowest BCUT2D eigenvalue weighted by atomic mass is 10.3. The fourth-order valence-corrected chi connectivity index (χ4v) is 2.25. The Morgan fingerprint density at radius 3 is 2.91 bits per heavy atom. The molecular weight excluding hydrogens is 222 g/mol. The van der Waals surface area contributed by atoms with Crippen LogP contribution in [0.5, 0.6) is 0 Å². The first-order valence-corrected chi connectivity index (χ1v) is 4.97. The first-order chi connectivity index (χ1) is 5.24. The first-order valence-electron chi connectivity index (χ1n) is 3.36. The van der Waals surface area contributed by atoms with E-state index in [0.717, 1.165) is 0 Å². The molecule has 1 heterocycles. The lowest BCUT2D eigenvalue weighted by Gasteiger charge is -1.80. The zero-order valence-corrected chi connectivity index (χ0v) is 8.71. The topological polar surface area (TPSA) is 26.0 Å². The molecule has 0 unspecified atom stereocenters. The van der Waals surface area contributed by atoms with E-state index in [4.69, 9.17) is 5.73 Å². The molecule has 0 aromatic carbocycles. The van der Waals surface area contributed by atoms with Crippen molar-refractivity contribution in [2.45, 2.75) is 6.92 Å². The molecule has 3 heteroatoms. The molecule has 1 aromatic rings. The molecule has 0 aliphatic rings. The molecule has 11 heavy (non-hydrogen) atoms. The summed E-state index contributed by atoms with van der Waals surface area (Å²) in [6.07, 6.45) is 4.00. The summed E-state index contributed by atoms with van der Waals surface area (Å²) in [4.78, 5) is 1.25. The first kappa shape index (κ1) is 8.97. The summed E-state index contributed by atoms with van der Waals surface area (Å²) in [6, 6.07) is 2.14. The highest BCUT2D eigenvalue weighted by Crippen LogP contribution is 2.27. The highest BCUT2D eigenvalue weighted by atomic mass is 79.9. The molecule has 1 aromatic heterocycles. The van der Waals surface area contributed by atoms with Crippen LogP contribution in [0.1, 0.15) is 10.4 Å². The Bertz CT molecular complexity index is 246. The maximum Gasteiger partial charge on any atom is 0.0733 e. The summed E-state index contributed by atoms with van der Waals surface area (Å²) in [5, 5.41) is 0. The number of thiophene rings is 1. The van der Waals surface area contributed by atoms with E-state index < -0.39 is 0 Å². The fourth-order valence-electron chi connectivity index (χ4n) is 0.750. The monoisotopic (exact) mass is 231 g/mol. The zero-order chi connectivity index (χ0) is 8.27. The molecule has 60 valence electrons. The van der Waals surface area contributed by atoms with Gasteiger partial charge in [-0.1, -0.05) is 6.08 Å². The second-order valence-corrected chi connectivity index (χ2v) is 4.65. The summed E-state index contributed by atoms with van der Waals surface area (Å²) in [5.74, 6) is 0. The minimum absolute atomic E-state index is 0.606. The van der Waals surface area contributed by atoms with E-state index in [9.17, 15) is 0 Å². The van der Waals surface area contributed by atoms with Crippen LogP contribution in [0.15, 0.2) is 15.9 Å². The van der Waals surface area contributed by atoms with E-state index in [1.165, 1.54) is 14.2 Å². The predicted octanol–water partition coefficient (Wildman–Crippen LogP) is 2.79. The molecule has 0 aliphatic heterocycles. The zero-order valence-electron chi connectivity index (χ0n) is 6.30. The number of hydrogen-bond donors (Lipinski definition) is 1. The Kier molecular flexibility index (Phi) is 3.30. The van der Waals surface area contributed by atoms with E-state index in [1.54, 1.807) is 11.3 Å². The van der Waals surface area contributed by atoms with Gasteiger partial charge < -0.3 is 5.73 Å². The Morgan fingerprint density at radius 1 is 1.73 bits per heavy atom. The standard InChI is InChI=1S/C8H10BrNS/c1-6-5-7(3-2-4-10)11-8(6)9/h2-3,5H,4,10H2,1H3. The van der Waals surface area contributed by atoms with Crippen molar-refractivity contribution in [3.05, 3.63) is 26.4 Å². The van der Waals surface area contributed by atoms with Gasteiger partial charge in [0.05, 0.1) is 3.79 Å². The van der Waals surface area contributed by atoms with E-state index >= 15 is 0 Å². The molecule has 0 fully saturated rings. The summed E-state index contributed by atoms with van der Waals surface area (Å²) >= 11 is 5.19. The van der Waals surface area contributed by atoms with Crippen molar-refractivity contribution in [2.75, 3.05) is 6.54 Å². The lowest BCUT2D eigenvalue weighted by molar-refractivity contribution is 1.26. The molecule has 1 rings (SSSR count). The molecule has 0 radical (unpaired) electrons. The fraction of sp³-hybridized carbons (Fsp3) is 0.250. The number of nitrogens with two attached hydrogens (primary N) is 1. The van der Waals surface area contributed by atoms with Crippen LogP contribution in [0, 0.1) is 6.92 Å². The van der Waals surface area contributed by atoms with Gasteiger partial charge in [0.15, 0.2) is 0 Å². The van der Waals surface area contributed by atoms with E-state index in [1.807, 2.05) is 12.2 Å². The minimum Gasteiger partial charge on any atom is -0.327 e. The van der Waals surface area contributed by atoms with Crippen molar-refractivity contribution in [1.29, 1.82) is 0 Å². The van der Waals surface area contributed by atoms with E-state index in [-0.39, 0.29) is 0 Å². The largest absolute Gasteiger partial charge is 0.327 e. The second kappa shape index (κ2) is 4.04. The number of aryl methyl sites for hydroxylation is 1. The Labute approximate surface area is 79.0 Å². The van der Waals surface area contributed by atoms with E-state index in [2.05, 4.69) is 28.9 Å². The van der Waals surface area contributed by atoms with Crippen LogP contribution in [0.2, 0.25) is 0 Å². The molecule has 0 saturated heterocycles. The van der Waals surface area contributed by atoms with Crippen LogP contribution in [0.3, 0.4) is 0 Å². The summed E-state index contributed by atoms with van der Waals surface area (Å²) in [5.41, 5.74) is 6.61. The second-order valence-electron chi connectivity index (χ2n) is 2.24. The van der Waals surface area contributed by atoms with Gasteiger partial charge in [0.25, 0.3) is 0 Å². The van der Waals surface area contributed by atoms with Gasteiger partial charge in [-0.25, -0.2) is 0 Å². The molecule has 0 atom stereocenters. The third-order valence-corrected chi connectivity index (χ3v) is 3.40. The maximum absolute atomic E-state index is 5.33. The van der Waals surface area contributed by atoms with Crippen molar-refractivity contribution in [1.82, 2.24) is 0 Å².